The van der Waals surface area contributed by atoms with E-state index in [-0.39, 0.29) is 0 Å². The SMILES string of the molecule is Clc1c2c(nc3c4c(ccc13)CCCC4)CCCCC2. The van der Waals surface area contributed by atoms with Gasteiger partial charge in [-0.3, -0.25) is 4.98 Å². The summed E-state index contributed by atoms with van der Waals surface area (Å²) in [6.07, 6.45) is 11.0. The lowest BCUT2D eigenvalue weighted by Crippen LogP contribution is -2.06. The fraction of sp³-hybridized carbons (Fsp3) is 0.500. The molecular weight excluding hydrogens is 266 g/mol. The summed E-state index contributed by atoms with van der Waals surface area (Å²) in [7, 11) is 0. The maximum Gasteiger partial charge on any atom is 0.0755 e. The highest BCUT2D eigenvalue weighted by Gasteiger charge is 2.20. The summed E-state index contributed by atoms with van der Waals surface area (Å²) in [5, 5.41) is 2.17. The van der Waals surface area contributed by atoms with Crippen LogP contribution in [0.5, 0.6) is 0 Å². The minimum atomic E-state index is 0.986. The number of halogens is 1. The van der Waals surface area contributed by atoms with Crippen molar-refractivity contribution in [1.29, 1.82) is 0 Å². The van der Waals surface area contributed by atoms with Gasteiger partial charge in [0.05, 0.1) is 10.5 Å². The quantitative estimate of drug-likeness (QED) is 0.618. The Balaban J connectivity index is 2.00. The summed E-state index contributed by atoms with van der Waals surface area (Å²) in [5.74, 6) is 0. The lowest BCUT2D eigenvalue weighted by molar-refractivity contribution is 0.688. The summed E-state index contributed by atoms with van der Waals surface area (Å²) in [6.45, 7) is 0. The van der Waals surface area contributed by atoms with Gasteiger partial charge in [-0.1, -0.05) is 30.2 Å². The second-order valence-corrected chi connectivity index (χ2v) is 6.60. The van der Waals surface area contributed by atoms with Crippen LogP contribution in [0.25, 0.3) is 10.9 Å². The Bertz CT molecular complexity index is 675. The Morgan fingerprint density at radius 1 is 0.800 bits per heavy atom. The summed E-state index contributed by atoms with van der Waals surface area (Å²) < 4.78 is 0. The van der Waals surface area contributed by atoms with Crippen LogP contribution in [0.2, 0.25) is 5.02 Å². The first-order valence-corrected chi connectivity index (χ1v) is 8.34. The van der Waals surface area contributed by atoms with Gasteiger partial charge in [-0.15, -0.1) is 0 Å². The molecular formula is C18H20ClN. The molecule has 0 atom stereocenters. The van der Waals surface area contributed by atoms with E-state index in [1.165, 1.54) is 78.2 Å². The van der Waals surface area contributed by atoms with Crippen molar-refractivity contribution < 1.29 is 0 Å². The number of nitrogens with zero attached hydrogens (tertiary/aromatic N) is 1. The van der Waals surface area contributed by atoms with E-state index in [0.29, 0.717) is 0 Å². The molecule has 1 heterocycles. The molecule has 20 heavy (non-hydrogen) atoms. The standard InChI is InChI=1S/C18H20ClN/c19-17-14-8-2-1-3-9-16(14)20-18-13-7-5-4-6-12(13)10-11-15(17)18/h10-11H,1-9H2. The van der Waals surface area contributed by atoms with Gasteiger partial charge in [0.2, 0.25) is 0 Å². The molecule has 0 spiro atoms. The molecule has 0 saturated heterocycles. The smallest absolute Gasteiger partial charge is 0.0755 e. The zero-order valence-electron chi connectivity index (χ0n) is 11.8. The monoisotopic (exact) mass is 285 g/mol. The van der Waals surface area contributed by atoms with Crippen molar-refractivity contribution in [3.05, 3.63) is 39.5 Å². The van der Waals surface area contributed by atoms with E-state index in [1.807, 2.05) is 0 Å². The van der Waals surface area contributed by atoms with Gasteiger partial charge in [0, 0.05) is 11.1 Å². The van der Waals surface area contributed by atoms with Crippen molar-refractivity contribution in [2.75, 3.05) is 0 Å². The fourth-order valence-electron chi connectivity index (χ4n) is 3.84. The topological polar surface area (TPSA) is 12.9 Å². The van der Waals surface area contributed by atoms with Gasteiger partial charge in [0.1, 0.15) is 0 Å². The molecule has 2 aromatic rings. The number of benzene rings is 1. The average molecular weight is 286 g/mol. The van der Waals surface area contributed by atoms with E-state index in [4.69, 9.17) is 16.6 Å². The zero-order valence-corrected chi connectivity index (χ0v) is 12.6. The van der Waals surface area contributed by atoms with Crippen LogP contribution < -0.4 is 0 Å². The number of hydrogen-bond donors (Lipinski definition) is 0. The fourth-order valence-corrected chi connectivity index (χ4v) is 4.19. The highest BCUT2D eigenvalue weighted by Crippen LogP contribution is 2.36. The Morgan fingerprint density at radius 2 is 1.55 bits per heavy atom. The first-order valence-electron chi connectivity index (χ1n) is 7.96. The highest BCUT2D eigenvalue weighted by atomic mass is 35.5. The van der Waals surface area contributed by atoms with Crippen LogP contribution in [0, 0.1) is 0 Å². The molecule has 4 rings (SSSR count). The van der Waals surface area contributed by atoms with Crippen LogP contribution in [0.1, 0.15) is 54.5 Å². The summed E-state index contributed by atoms with van der Waals surface area (Å²) in [5.41, 5.74) is 6.78. The third kappa shape index (κ3) is 1.95. The minimum absolute atomic E-state index is 0.986. The number of aromatic nitrogens is 1. The lowest BCUT2D eigenvalue weighted by Gasteiger charge is -2.19. The number of pyridine rings is 1. The Hall–Kier alpha value is -1.08. The molecule has 1 aromatic carbocycles. The van der Waals surface area contributed by atoms with Crippen LogP contribution in [0.15, 0.2) is 12.1 Å². The number of aryl methyl sites for hydroxylation is 3. The van der Waals surface area contributed by atoms with Crippen molar-refractivity contribution >= 4 is 22.5 Å². The second-order valence-electron chi connectivity index (χ2n) is 6.22. The van der Waals surface area contributed by atoms with Gasteiger partial charge in [-0.2, -0.15) is 0 Å². The van der Waals surface area contributed by atoms with Crippen molar-refractivity contribution in [3.8, 4) is 0 Å². The Morgan fingerprint density at radius 3 is 2.50 bits per heavy atom. The van der Waals surface area contributed by atoms with Crippen LogP contribution in [-0.4, -0.2) is 4.98 Å². The van der Waals surface area contributed by atoms with Gasteiger partial charge < -0.3 is 0 Å². The summed E-state index contributed by atoms with van der Waals surface area (Å²) in [6, 6.07) is 4.49. The second kappa shape index (κ2) is 5.04. The third-order valence-electron chi connectivity index (χ3n) is 4.94. The molecule has 1 aromatic heterocycles. The molecule has 0 aliphatic heterocycles. The third-order valence-corrected chi connectivity index (χ3v) is 5.37. The molecule has 0 N–H and O–H groups in total. The van der Waals surface area contributed by atoms with Crippen LogP contribution >= 0.6 is 11.6 Å². The predicted octanol–water partition coefficient (Wildman–Crippen LogP) is 5.04. The Labute approximate surface area is 125 Å². The van der Waals surface area contributed by atoms with E-state index < -0.39 is 0 Å². The van der Waals surface area contributed by atoms with Gasteiger partial charge >= 0.3 is 0 Å². The van der Waals surface area contributed by atoms with E-state index in [0.717, 1.165) is 17.9 Å². The van der Waals surface area contributed by atoms with Crippen LogP contribution in [0.4, 0.5) is 0 Å². The van der Waals surface area contributed by atoms with Gasteiger partial charge in [0.25, 0.3) is 0 Å². The van der Waals surface area contributed by atoms with E-state index in [1.54, 1.807) is 0 Å². The molecule has 0 unspecified atom stereocenters. The molecule has 2 aliphatic rings. The number of rotatable bonds is 0. The van der Waals surface area contributed by atoms with E-state index in [2.05, 4.69) is 12.1 Å². The molecule has 0 amide bonds. The molecule has 0 bridgehead atoms. The number of fused-ring (bicyclic) bond motifs is 4. The molecule has 0 fully saturated rings. The van der Waals surface area contributed by atoms with Crippen LogP contribution in [-0.2, 0) is 25.7 Å². The molecule has 1 nitrogen and oxygen atoms in total. The summed E-state index contributed by atoms with van der Waals surface area (Å²) in [4.78, 5) is 5.07. The van der Waals surface area contributed by atoms with Gasteiger partial charge in [-0.05, 0) is 68.1 Å². The maximum atomic E-state index is 6.73. The minimum Gasteiger partial charge on any atom is -0.252 e. The van der Waals surface area contributed by atoms with Gasteiger partial charge in [-0.25, -0.2) is 0 Å². The van der Waals surface area contributed by atoms with E-state index >= 15 is 0 Å². The van der Waals surface area contributed by atoms with Crippen molar-refractivity contribution in [2.45, 2.75) is 57.8 Å². The molecule has 0 radical (unpaired) electrons. The van der Waals surface area contributed by atoms with Crippen molar-refractivity contribution in [2.24, 2.45) is 0 Å². The van der Waals surface area contributed by atoms with Crippen molar-refractivity contribution in [1.82, 2.24) is 4.98 Å². The Kier molecular flexibility index (Phi) is 3.18. The molecule has 2 aliphatic carbocycles. The van der Waals surface area contributed by atoms with Gasteiger partial charge in [0.15, 0.2) is 0 Å². The maximum absolute atomic E-state index is 6.73. The van der Waals surface area contributed by atoms with Crippen molar-refractivity contribution in [3.63, 3.8) is 0 Å². The predicted molar refractivity (Wildman–Crippen MR) is 84.7 cm³/mol. The molecule has 0 saturated carbocycles. The summed E-state index contributed by atoms with van der Waals surface area (Å²) >= 11 is 6.73. The lowest BCUT2D eigenvalue weighted by atomic mass is 9.89. The largest absolute Gasteiger partial charge is 0.252 e. The highest BCUT2D eigenvalue weighted by molar-refractivity contribution is 6.36. The zero-order chi connectivity index (χ0) is 13.5. The average Bonchev–Trinajstić information content (AvgIpc) is 2.73. The first-order chi connectivity index (χ1) is 9.84. The number of hydrogen-bond acceptors (Lipinski definition) is 1. The van der Waals surface area contributed by atoms with E-state index in [9.17, 15) is 0 Å². The van der Waals surface area contributed by atoms with Crippen LogP contribution in [0.3, 0.4) is 0 Å². The molecule has 104 valence electrons. The molecule has 2 heteroatoms. The normalized spacial score (nSPS) is 18.4. The first kappa shape index (κ1) is 12.6.